The zero-order valence-electron chi connectivity index (χ0n) is 14.1. The summed E-state index contributed by atoms with van der Waals surface area (Å²) < 4.78 is 5.40. The van der Waals surface area contributed by atoms with Gasteiger partial charge in [0.25, 0.3) is 5.91 Å². The molecule has 1 amide bonds. The van der Waals surface area contributed by atoms with Crippen molar-refractivity contribution in [2.45, 2.75) is 12.8 Å². The van der Waals surface area contributed by atoms with Gasteiger partial charge in [0.1, 0.15) is 23.7 Å². The fourth-order valence-electron chi connectivity index (χ4n) is 2.67. The summed E-state index contributed by atoms with van der Waals surface area (Å²) in [5, 5.41) is 6.02. The Bertz CT molecular complexity index is 674. The number of carbonyl (C=O) groups is 1. The maximum Gasteiger partial charge on any atom is 0.258 e. The lowest BCUT2D eigenvalue weighted by atomic mass is 10.3. The Labute approximate surface area is 147 Å². The van der Waals surface area contributed by atoms with Crippen LogP contribution in [0.4, 0.5) is 11.6 Å². The smallest absolute Gasteiger partial charge is 0.258 e. The van der Waals surface area contributed by atoms with Gasteiger partial charge in [-0.1, -0.05) is 18.2 Å². The van der Waals surface area contributed by atoms with E-state index in [4.69, 9.17) is 4.74 Å². The molecule has 7 nitrogen and oxygen atoms in total. The van der Waals surface area contributed by atoms with Crippen LogP contribution in [0.1, 0.15) is 12.8 Å². The van der Waals surface area contributed by atoms with Crippen LogP contribution in [0.25, 0.3) is 0 Å². The largest absolute Gasteiger partial charge is 0.484 e. The first-order chi connectivity index (χ1) is 12.3. The number of anilines is 2. The molecule has 2 heterocycles. The minimum Gasteiger partial charge on any atom is -0.484 e. The van der Waals surface area contributed by atoms with Gasteiger partial charge in [0, 0.05) is 32.2 Å². The number of ether oxygens (including phenoxy) is 1. The third kappa shape index (κ3) is 5.34. The predicted octanol–water partition coefficient (Wildman–Crippen LogP) is 1.68. The van der Waals surface area contributed by atoms with E-state index in [0.717, 1.165) is 24.7 Å². The first-order valence-corrected chi connectivity index (χ1v) is 8.57. The number of benzene rings is 1. The van der Waals surface area contributed by atoms with Crippen molar-refractivity contribution in [3.63, 3.8) is 0 Å². The molecular formula is C18H23N5O2. The van der Waals surface area contributed by atoms with E-state index in [0.29, 0.717) is 18.8 Å². The van der Waals surface area contributed by atoms with E-state index >= 15 is 0 Å². The van der Waals surface area contributed by atoms with Gasteiger partial charge in [0.2, 0.25) is 0 Å². The highest BCUT2D eigenvalue weighted by Gasteiger charge is 2.13. The van der Waals surface area contributed by atoms with Crippen molar-refractivity contribution in [1.82, 2.24) is 15.3 Å². The van der Waals surface area contributed by atoms with E-state index in [1.54, 1.807) is 6.33 Å². The van der Waals surface area contributed by atoms with Gasteiger partial charge < -0.3 is 20.3 Å². The molecule has 0 saturated carbocycles. The van der Waals surface area contributed by atoms with Gasteiger partial charge in [-0.05, 0) is 25.0 Å². The van der Waals surface area contributed by atoms with Crippen LogP contribution < -0.4 is 20.3 Å². The normalized spacial score (nSPS) is 13.5. The van der Waals surface area contributed by atoms with Crippen LogP contribution in [0.5, 0.6) is 5.75 Å². The Hall–Kier alpha value is -2.83. The number of nitrogens with zero attached hydrogens (tertiary/aromatic N) is 3. The molecule has 132 valence electrons. The molecule has 1 aromatic heterocycles. The maximum atomic E-state index is 11.8. The van der Waals surface area contributed by atoms with Gasteiger partial charge in [-0.3, -0.25) is 4.79 Å². The second-order valence-electron chi connectivity index (χ2n) is 5.83. The average molecular weight is 341 g/mol. The molecule has 1 saturated heterocycles. The first-order valence-electron chi connectivity index (χ1n) is 8.57. The van der Waals surface area contributed by atoms with Crippen molar-refractivity contribution in [3.8, 4) is 5.75 Å². The van der Waals surface area contributed by atoms with Crippen LogP contribution in [0.3, 0.4) is 0 Å². The van der Waals surface area contributed by atoms with E-state index < -0.39 is 0 Å². The lowest BCUT2D eigenvalue weighted by Crippen LogP contribution is -2.32. The number of nitrogens with one attached hydrogen (secondary N) is 2. The molecule has 0 atom stereocenters. The summed E-state index contributed by atoms with van der Waals surface area (Å²) in [6, 6.07) is 11.2. The molecule has 1 aliphatic heterocycles. The Morgan fingerprint density at radius 3 is 2.72 bits per heavy atom. The molecule has 1 fully saturated rings. The molecule has 1 aliphatic rings. The summed E-state index contributed by atoms with van der Waals surface area (Å²) in [7, 11) is 0. The minimum absolute atomic E-state index is 0.0105. The molecule has 0 aliphatic carbocycles. The highest BCUT2D eigenvalue weighted by atomic mass is 16.5. The van der Waals surface area contributed by atoms with Gasteiger partial charge in [0.15, 0.2) is 6.61 Å². The van der Waals surface area contributed by atoms with Crippen LogP contribution in [0, 0.1) is 0 Å². The molecular weight excluding hydrogens is 318 g/mol. The summed E-state index contributed by atoms with van der Waals surface area (Å²) in [6.45, 7) is 3.20. The number of para-hydroxylation sites is 1. The Morgan fingerprint density at radius 1 is 1.12 bits per heavy atom. The van der Waals surface area contributed by atoms with E-state index in [1.807, 2.05) is 36.4 Å². The summed E-state index contributed by atoms with van der Waals surface area (Å²) >= 11 is 0. The highest BCUT2D eigenvalue weighted by molar-refractivity contribution is 5.77. The third-order valence-corrected chi connectivity index (χ3v) is 3.95. The lowest BCUT2D eigenvalue weighted by Gasteiger charge is -2.16. The van der Waals surface area contributed by atoms with Crippen molar-refractivity contribution >= 4 is 17.5 Å². The SMILES string of the molecule is O=C(COc1ccccc1)NCCNc1cc(N2CCCC2)ncn1. The summed E-state index contributed by atoms with van der Waals surface area (Å²) in [5.74, 6) is 2.26. The minimum atomic E-state index is -0.147. The van der Waals surface area contributed by atoms with E-state index in [9.17, 15) is 4.79 Å². The van der Waals surface area contributed by atoms with Gasteiger partial charge >= 0.3 is 0 Å². The van der Waals surface area contributed by atoms with E-state index in [1.165, 1.54) is 12.8 Å². The highest BCUT2D eigenvalue weighted by Crippen LogP contribution is 2.18. The number of rotatable bonds is 8. The van der Waals surface area contributed by atoms with Crippen LogP contribution >= 0.6 is 0 Å². The molecule has 0 radical (unpaired) electrons. The molecule has 1 aromatic carbocycles. The van der Waals surface area contributed by atoms with Crippen LogP contribution in [-0.4, -0.2) is 48.7 Å². The van der Waals surface area contributed by atoms with Gasteiger partial charge in [-0.2, -0.15) is 0 Å². The second-order valence-corrected chi connectivity index (χ2v) is 5.83. The lowest BCUT2D eigenvalue weighted by molar-refractivity contribution is -0.123. The van der Waals surface area contributed by atoms with Gasteiger partial charge in [-0.15, -0.1) is 0 Å². The van der Waals surface area contributed by atoms with E-state index in [2.05, 4.69) is 25.5 Å². The first kappa shape index (κ1) is 17.0. The standard InChI is InChI=1S/C18H23N5O2/c24-18(13-25-15-6-2-1-3-7-15)20-9-8-19-16-12-17(22-14-21-16)23-10-4-5-11-23/h1-3,6-7,12,14H,4-5,8-11,13H2,(H,20,24)(H,19,21,22). The average Bonchev–Trinajstić information content (AvgIpc) is 3.19. The zero-order chi connectivity index (χ0) is 17.3. The zero-order valence-corrected chi connectivity index (χ0v) is 14.1. The van der Waals surface area contributed by atoms with Crippen molar-refractivity contribution in [1.29, 1.82) is 0 Å². The summed E-state index contributed by atoms with van der Waals surface area (Å²) in [4.78, 5) is 22.6. The summed E-state index contributed by atoms with van der Waals surface area (Å²) in [5.41, 5.74) is 0. The van der Waals surface area contributed by atoms with Crippen molar-refractivity contribution in [3.05, 3.63) is 42.7 Å². The molecule has 0 spiro atoms. The third-order valence-electron chi connectivity index (χ3n) is 3.95. The molecule has 0 unspecified atom stereocenters. The van der Waals surface area contributed by atoms with Crippen LogP contribution in [0.15, 0.2) is 42.7 Å². The molecule has 3 rings (SSSR count). The quantitative estimate of drug-likeness (QED) is 0.711. The molecule has 25 heavy (non-hydrogen) atoms. The summed E-state index contributed by atoms with van der Waals surface area (Å²) in [6.07, 6.45) is 4.00. The van der Waals surface area contributed by atoms with Crippen molar-refractivity contribution < 1.29 is 9.53 Å². The second kappa shape index (κ2) is 8.86. The molecule has 0 bridgehead atoms. The maximum absolute atomic E-state index is 11.8. The molecule has 2 N–H and O–H groups in total. The fraction of sp³-hybridized carbons (Fsp3) is 0.389. The number of hydrogen-bond acceptors (Lipinski definition) is 6. The topological polar surface area (TPSA) is 79.4 Å². The number of aromatic nitrogens is 2. The van der Waals surface area contributed by atoms with E-state index in [-0.39, 0.29) is 12.5 Å². The number of amides is 1. The molecule has 7 heteroatoms. The van der Waals surface area contributed by atoms with Gasteiger partial charge in [-0.25, -0.2) is 9.97 Å². The number of hydrogen-bond donors (Lipinski definition) is 2. The van der Waals surface area contributed by atoms with Crippen LogP contribution in [-0.2, 0) is 4.79 Å². The number of carbonyl (C=O) groups excluding carboxylic acids is 1. The van der Waals surface area contributed by atoms with Gasteiger partial charge in [0.05, 0.1) is 0 Å². The Kier molecular flexibility index (Phi) is 6.03. The van der Waals surface area contributed by atoms with Crippen molar-refractivity contribution in [2.24, 2.45) is 0 Å². The predicted molar refractivity (Wildman–Crippen MR) is 96.9 cm³/mol. The fourth-order valence-corrected chi connectivity index (χ4v) is 2.67. The Morgan fingerprint density at radius 2 is 1.92 bits per heavy atom. The van der Waals surface area contributed by atoms with Crippen LogP contribution in [0.2, 0.25) is 0 Å². The molecule has 2 aromatic rings. The monoisotopic (exact) mass is 341 g/mol. The Balaban J connectivity index is 1.35. The van der Waals surface area contributed by atoms with Crippen molar-refractivity contribution in [2.75, 3.05) is 43.0 Å².